The summed E-state index contributed by atoms with van der Waals surface area (Å²) in [4.78, 5) is 4.26. The maximum absolute atomic E-state index is 5.48. The Labute approximate surface area is 87.4 Å². The molecule has 2 aromatic rings. The second kappa shape index (κ2) is 4.35. The van der Waals surface area contributed by atoms with Crippen molar-refractivity contribution >= 4 is 11.3 Å². The molecule has 0 aliphatic heterocycles. The number of rotatable bonds is 3. The van der Waals surface area contributed by atoms with Crippen LogP contribution in [0.25, 0.3) is 10.6 Å². The lowest BCUT2D eigenvalue weighted by Gasteiger charge is -1.99. The SMILES string of the molecule is NCCc1ccc(-c2nccs2)cc1. The van der Waals surface area contributed by atoms with Crippen LogP contribution in [0.15, 0.2) is 35.8 Å². The zero-order chi connectivity index (χ0) is 9.80. The van der Waals surface area contributed by atoms with Crippen LogP contribution >= 0.6 is 11.3 Å². The summed E-state index contributed by atoms with van der Waals surface area (Å²) in [5.74, 6) is 0. The summed E-state index contributed by atoms with van der Waals surface area (Å²) >= 11 is 1.66. The normalized spacial score (nSPS) is 10.4. The molecule has 2 nitrogen and oxygen atoms in total. The smallest absolute Gasteiger partial charge is 0.123 e. The molecular weight excluding hydrogens is 192 g/mol. The van der Waals surface area contributed by atoms with Crippen molar-refractivity contribution in [2.75, 3.05) is 6.54 Å². The molecule has 1 aromatic heterocycles. The molecule has 14 heavy (non-hydrogen) atoms. The minimum Gasteiger partial charge on any atom is -0.330 e. The van der Waals surface area contributed by atoms with Gasteiger partial charge in [-0.25, -0.2) is 4.98 Å². The predicted molar refractivity (Wildman–Crippen MR) is 60.3 cm³/mol. The van der Waals surface area contributed by atoms with E-state index < -0.39 is 0 Å². The van der Waals surface area contributed by atoms with Crippen LogP contribution in [-0.2, 0) is 6.42 Å². The average Bonchev–Trinajstić information content (AvgIpc) is 2.72. The first kappa shape index (κ1) is 9.37. The van der Waals surface area contributed by atoms with Gasteiger partial charge < -0.3 is 5.73 Å². The van der Waals surface area contributed by atoms with Crippen molar-refractivity contribution in [1.29, 1.82) is 0 Å². The Balaban J connectivity index is 2.22. The van der Waals surface area contributed by atoms with E-state index in [0.717, 1.165) is 11.4 Å². The van der Waals surface area contributed by atoms with E-state index in [1.54, 1.807) is 11.3 Å². The molecule has 0 bridgehead atoms. The summed E-state index contributed by atoms with van der Waals surface area (Å²) in [6.07, 6.45) is 2.77. The lowest BCUT2D eigenvalue weighted by Crippen LogP contribution is -2.02. The Bertz CT molecular complexity index is 378. The Morgan fingerprint density at radius 2 is 2.00 bits per heavy atom. The second-order valence-electron chi connectivity index (χ2n) is 3.07. The molecule has 2 N–H and O–H groups in total. The molecule has 0 atom stereocenters. The summed E-state index contributed by atoms with van der Waals surface area (Å²) in [5.41, 5.74) is 7.95. The van der Waals surface area contributed by atoms with E-state index in [2.05, 4.69) is 29.2 Å². The van der Waals surface area contributed by atoms with Gasteiger partial charge in [0.05, 0.1) is 0 Å². The van der Waals surface area contributed by atoms with Crippen LogP contribution in [0.5, 0.6) is 0 Å². The highest BCUT2D eigenvalue weighted by Gasteiger charge is 1.99. The zero-order valence-corrected chi connectivity index (χ0v) is 8.63. The third-order valence-corrected chi connectivity index (χ3v) is 2.89. The van der Waals surface area contributed by atoms with Gasteiger partial charge in [0.2, 0.25) is 0 Å². The maximum Gasteiger partial charge on any atom is 0.123 e. The van der Waals surface area contributed by atoms with Crippen LogP contribution in [0.2, 0.25) is 0 Å². The number of thiazole rings is 1. The minimum atomic E-state index is 0.705. The molecule has 0 aliphatic carbocycles. The largest absolute Gasteiger partial charge is 0.330 e. The van der Waals surface area contributed by atoms with E-state index in [9.17, 15) is 0 Å². The number of nitrogens with two attached hydrogens (primary N) is 1. The second-order valence-corrected chi connectivity index (χ2v) is 3.97. The molecule has 72 valence electrons. The summed E-state index contributed by atoms with van der Waals surface area (Å²) in [5, 5.41) is 3.06. The summed E-state index contributed by atoms with van der Waals surface area (Å²) < 4.78 is 0. The molecule has 0 aliphatic rings. The molecule has 0 saturated carbocycles. The lowest BCUT2D eigenvalue weighted by molar-refractivity contribution is 0.969. The van der Waals surface area contributed by atoms with Gasteiger partial charge in [-0.1, -0.05) is 24.3 Å². The van der Waals surface area contributed by atoms with Gasteiger partial charge in [-0.3, -0.25) is 0 Å². The van der Waals surface area contributed by atoms with E-state index in [4.69, 9.17) is 5.73 Å². The Hall–Kier alpha value is -1.19. The van der Waals surface area contributed by atoms with Crippen molar-refractivity contribution < 1.29 is 0 Å². The molecule has 3 heteroatoms. The quantitative estimate of drug-likeness (QED) is 0.833. The van der Waals surface area contributed by atoms with E-state index in [-0.39, 0.29) is 0 Å². The first-order valence-electron chi connectivity index (χ1n) is 4.59. The Morgan fingerprint density at radius 3 is 2.57 bits per heavy atom. The molecule has 1 aromatic carbocycles. The van der Waals surface area contributed by atoms with E-state index >= 15 is 0 Å². The van der Waals surface area contributed by atoms with Crippen molar-refractivity contribution in [3.8, 4) is 10.6 Å². The third kappa shape index (κ3) is 2.00. The van der Waals surface area contributed by atoms with Crippen LogP contribution in [0.4, 0.5) is 0 Å². The predicted octanol–water partition coefficient (Wildman–Crippen LogP) is 2.31. The minimum absolute atomic E-state index is 0.705. The Kier molecular flexibility index (Phi) is 2.91. The maximum atomic E-state index is 5.48. The number of hydrogen-bond donors (Lipinski definition) is 1. The first-order chi connectivity index (χ1) is 6.90. The number of nitrogens with zero attached hydrogens (tertiary/aromatic N) is 1. The van der Waals surface area contributed by atoms with Gasteiger partial charge in [-0.05, 0) is 18.5 Å². The highest BCUT2D eigenvalue weighted by Crippen LogP contribution is 2.21. The molecule has 0 radical (unpaired) electrons. The van der Waals surface area contributed by atoms with E-state index in [1.165, 1.54) is 11.1 Å². The van der Waals surface area contributed by atoms with Gasteiger partial charge in [-0.2, -0.15) is 0 Å². The van der Waals surface area contributed by atoms with Gasteiger partial charge in [-0.15, -0.1) is 11.3 Å². The lowest BCUT2D eigenvalue weighted by atomic mass is 10.1. The summed E-state index contributed by atoms with van der Waals surface area (Å²) in [6.45, 7) is 0.705. The van der Waals surface area contributed by atoms with Crippen LogP contribution < -0.4 is 5.73 Å². The Morgan fingerprint density at radius 1 is 1.21 bits per heavy atom. The highest BCUT2D eigenvalue weighted by molar-refractivity contribution is 7.13. The fraction of sp³-hybridized carbons (Fsp3) is 0.182. The molecule has 2 rings (SSSR count). The standard InChI is InChI=1S/C11H12N2S/c12-6-5-9-1-3-10(4-2-9)11-13-7-8-14-11/h1-4,7-8H,5-6,12H2. The van der Waals surface area contributed by atoms with Gasteiger partial charge in [0.1, 0.15) is 5.01 Å². The molecular formula is C11H12N2S. The van der Waals surface area contributed by atoms with E-state index in [0.29, 0.717) is 6.54 Å². The van der Waals surface area contributed by atoms with Crippen LogP contribution in [0.1, 0.15) is 5.56 Å². The van der Waals surface area contributed by atoms with Crippen molar-refractivity contribution in [1.82, 2.24) is 4.98 Å². The first-order valence-corrected chi connectivity index (χ1v) is 5.47. The zero-order valence-electron chi connectivity index (χ0n) is 7.81. The topological polar surface area (TPSA) is 38.9 Å². The van der Waals surface area contributed by atoms with Gasteiger partial charge in [0, 0.05) is 17.1 Å². The molecule has 0 amide bonds. The van der Waals surface area contributed by atoms with Crippen LogP contribution in [0.3, 0.4) is 0 Å². The van der Waals surface area contributed by atoms with Crippen LogP contribution in [-0.4, -0.2) is 11.5 Å². The fourth-order valence-corrected chi connectivity index (χ4v) is 1.99. The third-order valence-electron chi connectivity index (χ3n) is 2.07. The van der Waals surface area contributed by atoms with Crippen molar-refractivity contribution in [2.24, 2.45) is 5.73 Å². The monoisotopic (exact) mass is 204 g/mol. The molecule has 0 unspecified atom stereocenters. The van der Waals surface area contributed by atoms with Crippen molar-refractivity contribution in [3.63, 3.8) is 0 Å². The van der Waals surface area contributed by atoms with Gasteiger partial charge in [0.25, 0.3) is 0 Å². The number of benzene rings is 1. The molecule has 0 saturated heterocycles. The fourth-order valence-electron chi connectivity index (χ4n) is 1.35. The molecule has 0 fully saturated rings. The summed E-state index contributed by atoms with van der Waals surface area (Å²) in [7, 11) is 0. The number of aromatic nitrogens is 1. The van der Waals surface area contributed by atoms with Gasteiger partial charge >= 0.3 is 0 Å². The molecule has 0 spiro atoms. The summed E-state index contributed by atoms with van der Waals surface area (Å²) in [6, 6.07) is 8.43. The average molecular weight is 204 g/mol. The van der Waals surface area contributed by atoms with Crippen molar-refractivity contribution in [2.45, 2.75) is 6.42 Å². The van der Waals surface area contributed by atoms with E-state index in [1.807, 2.05) is 11.6 Å². The molecule has 1 heterocycles. The highest BCUT2D eigenvalue weighted by atomic mass is 32.1. The van der Waals surface area contributed by atoms with Gasteiger partial charge in [0.15, 0.2) is 0 Å². The number of hydrogen-bond acceptors (Lipinski definition) is 3. The van der Waals surface area contributed by atoms with Crippen LogP contribution in [0, 0.1) is 0 Å². The van der Waals surface area contributed by atoms with Crippen molar-refractivity contribution in [3.05, 3.63) is 41.4 Å².